The van der Waals surface area contributed by atoms with Crippen LogP contribution in [0, 0.1) is 0 Å². The van der Waals surface area contributed by atoms with E-state index in [0.717, 1.165) is 28.4 Å². The zero-order valence-electron chi connectivity index (χ0n) is 9.85. The zero-order chi connectivity index (χ0) is 12.1. The zero-order valence-corrected chi connectivity index (χ0v) is 10.7. The van der Waals surface area contributed by atoms with Crippen molar-refractivity contribution in [2.24, 2.45) is 5.73 Å². The summed E-state index contributed by atoms with van der Waals surface area (Å²) in [5.41, 5.74) is 7.64. The minimum atomic E-state index is 0.526. The summed E-state index contributed by atoms with van der Waals surface area (Å²) in [7, 11) is 0. The molecule has 0 aliphatic carbocycles. The van der Waals surface area contributed by atoms with Crippen molar-refractivity contribution in [2.75, 3.05) is 0 Å². The summed E-state index contributed by atoms with van der Waals surface area (Å²) in [6.45, 7) is 3.19. The van der Waals surface area contributed by atoms with Crippen LogP contribution in [0.15, 0.2) is 29.6 Å². The third-order valence-corrected chi connectivity index (χ3v) is 3.49. The number of rotatable bonds is 5. The molecule has 2 N–H and O–H groups in total. The van der Waals surface area contributed by atoms with Crippen LogP contribution in [0.2, 0.25) is 0 Å². The second-order valence-electron chi connectivity index (χ2n) is 3.72. The van der Waals surface area contributed by atoms with Gasteiger partial charge in [0.2, 0.25) is 0 Å². The van der Waals surface area contributed by atoms with Crippen molar-refractivity contribution in [1.82, 2.24) is 4.98 Å². The molecule has 2 rings (SSSR count). The maximum absolute atomic E-state index is 5.65. The molecule has 90 valence electrons. The van der Waals surface area contributed by atoms with Crippen molar-refractivity contribution in [3.8, 4) is 5.75 Å². The van der Waals surface area contributed by atoms with Gasteiger partial charge in [0.1, 0.15) is 12.4 Å². The Morgan fingerprint density at radius 1 is 1.29 bits per heavy atom. The molecular formula is C13H16N2OS. The molecule has 0 spiro atoms. The summed E-state index contributed by atoms with van der Waals surface area (Å²) in [5.74, 6) is 0.855. The maximum Gasteiger partial charge on any atom is 0.131 e. The second-order valence-corrected chi connectivity index (χ2v) is 4.67. The SMILES string of the molecule is CCc1nc(COc2ccc(CN)cc2)cs1. The Labute approximate surface area is 105 Å². The minimum Gasteiger partial charge on any atom is -0.487 e. The third kappa shape index (κ3) is 3.28. The van der Waals surface area contributed by atoms with Gasteiger partial charge in [0.25, 0.3) is 0 Å². The van der Waals surface area contributed by atoms with Gasteiger partial charge in [-0.05, 0) is 24.1 Å². The maximum atomic E-state index is 5.65. The Morgan fingerprint density at radius 2 is 2.06 bits per heavy atom. The van der Waals surface area contributed by atoms with Crippen LogP contribution < -0.4 is 10.5 Å². The molecule has 3 nitrogen and oxygen atoms in total. The van der Waals surface area contributed by atoms with E-state index in [9.17, 15) is 0 Å². The van der Waals surface area contributed by atoms with Crippen LogP contribution in [0.25, 0.3) is 0 Å². The molecule has 2 aromatic rings. The number of thiazole rings is 1. The first kappa shape index (κ1) is 12.1. The Hall–Kier alpha value is -1.39. The molecule has 0 aliphatic heterocycles. The van der Waals surface area contributed by atoms with E-state index in [2.05, 4.69) is 11.9 Å². The molecular weight excluding hydrogens is 232 g/mol. The highest BCUT2D eigenvalue weighted by Gasteiger charge is 2.01. The van der Waals surface area contributed by atoms with Gasteiger partial charge in [0.15, 0.2) is 0 Å². The number of ether oxygens (including phenoxy) is 1. The van der Waals surface area contributed by atoms with Crippen LogP contribution in [0.4, 0.5) is 0 Å². The molecule has 0 atom stereocenters. The van der Waals surface area contributed by atoms with Gasteiger partial charge >= 0.3 is 0 Å². The van der Waals surface area contributed by atoms with E-state index in [0.29, 0.717) is 13.2 Å². The molecule has 0 unspecified atom stereocenters. The fraction of sp³-hybridized carbons (Fsp3) is 0.308. The highest BCUT2D eigenvalue weighted by atomic mass is 32.1. The molecule has 0 radical (unpaired) electrons. The number of benzene rings is 1. The molecule has 17 heavy (non-hydrogen) atoms. The predicted octanol–water partition coefficient (Wildman–Crippen LogP) is 2.74. The summed E-state index contributed by atoms with van der Waals surface area (Å²) in [4.78, 5) is 4.45. The third-order valence-electron chi connectivity index (χ3n) is 2.45. The lowest BCUT2D eigenvalue weighted by Crippen LogP contribution is -1.98. The van der Waals surface area contributed by atoms with Gasteiger partial charge in [-0.1, -0.05) is 19.1 Å². The van der Waals surface area contributed by atoms with Crippen LogP contribution in [0.1, 0.15) is 23.2 Å². The van der Waals surface area contributed by atoms with E-state index in [4.69, 9.17) is 10.5 Å². The average Bonchev–Trinajstić information content (AvgIpc) is 2.85. The van der Waals surface area contributed by atoms with Crippen molar-refractivity contribution < 1.29 is 4.74 Å². The molecule has 0 amide bonds. The topological polar surface area (TPSA) is 48.1 Å². The standard InChI is InChI=1S/C13H16N2OS/c1-2-13-15-11(9-17-13)8-16-12-5-3-10(7-14)4-6-12/h3-6,9H,2,7-8,14H2,1H3. The van der Waals surface area contributed by atoms with Gasteiger partial charge in [-0.25, -0.2) is 4.98 Å². The number of aromatic nitrogens is 1. The van der Waals surface area contributed by atoms with E-state index >= 15 is 0 Å². The van der Waals surface area contributed by atoms with Crippen molar-refractivity contribution in [3.05, 3.63) is 45.9 Å². The van der Waals surface area contributed by atoms with Gasteiger partial charge in [0, 0.05) is 11.9 Å². The number of nitrogens with zero attached hydrogens (tertiary/aromatic N) is 1. The summed E-state index contributed by atoms with van der Waals surface area (Å²) < 4.78 is 5.65. The lowest BCUT2D eigenvalue weighted by molar-refractivity contribution is 0.302. The lowest BCUT2D eigenvalue weighted by Gasteiger charge is -2.04. The molecule has 4 heteroatoms. The molecule has 0 saturated carbocycles. The van der Waals surface area contributed by atoms with Gasteiger partial charge in [-0.15, -0.1) is 11.3 Å². The normalized spacial score (nSPS) is 10.5. The number of aryl methyl sites for hydroxylation is 1. The molecule has 0 aliphatic rings. The van der Waals surface area contributed by atoms with E-state index in [1.54, 1.807) is 11.3 Å². The minimum absolute atomic E-state index is 0.526. The van der Waals surface area contributed by atoms with E-state index < -0.39 is 0 Å². The van der Waals surface area contributed by atoms with E-state index in [-0.39, 0.29) is 0 Å². The van der Waals surface area contributed by atoms with Crippen molar-refractivity contribution in [1.29, 1.82) is 0 Å². The summed E-state index contributed by atoms with van der Waals surface area (Å²) >= 11 is 1.68. The number of nitrogens with two attached hydrogens (primary N) is 1. The molecule has 0 fully saturated rings. The smallest absolute Gasteiger partial charge is 0.131 e. The summed E-state index contributed by atoms with van der Waals surface area (Å²) in [6.07, 6.45) is 0.982. The molecule has 1 heterocycles. The monoisotopic (exact) mass is 248 g/mol. The first-order valence-electron chi connectivity index (χ1n) is 5.67. The lowest BCUT2D eigenvalue weighted by atomic mass is 10.2. The Morgan fingerprint density at radius 3 is 2.65 bits per heavy atom. The second kappa shape index (κ2) is 5.80. The van der Waals surface area contributed by atoms with Crippen LogP contribution in [-0.4, -0.2) is 4.98 Å². The first-order valence-corrected chi connectivity index (χ1v) is 6.55. The van der Waals surface area contributed by atoms with Crippen molar-refractivity contribution >= 4 is 11.3 Å². The number of hydrogen-bond donors (Lipinski definition) is 1. The molecule has 1 aromatic heterocycles. The molecule has 1 aromatic carbocycles. The van der Waals surface area contributed by atoms with Gasteiger partial charge in [-0.3, -0.25) is 0 Å². The van der Waals surface area contributed by atoms with Crippen LogP contribution in [0.5, 0.6) is 5.75 Å². The summed E-state index contributed by atoms with van der Waals surface area (Å²) in [5, 5.41) is 3.20. The Kier molecular flexibility index (Phi) is 4.12. The highest BCUT2D eigenvalue weighted by Crippen LogP contribution is 2.15. The first-order chi connectivity index (χ1) is 8.31. The van der Waals surface area contributed by atoms with E-state index in [1.807, 2.05) is 29.6 Å². The van der Waals surface area contributed by atoms with Crippen molar-refractivity contribution in [3.63, 3.8) is 0 Å². The predicted molar refractivity (Wildman–Crippen MR) is 70.2 cm³/mol. The quantitative estimate of drug-likeness (QED) is 0.885. The fourth-order valence-corrected chi connectivity index (χ4v) is 2.19. The van der Waals surface area contributed by atoms with E-state index in [1.165, 1.54) is 0 Å². The van der Waals surface area contributed by atoms with Gasteiger partial charge < -0.3 is 10.5 Å². The number of hydrogen-bond acceptors (Lipinski definition) is 4. The fourth-order valence-electron chi connectivity index (χ4n) is 1.46. The van der Waals surface area contributed by atoms with Gasteiger partial charge in [-0.2, -0.15) is 0 Å². The Bertz CT molecular complexity index is 465. The average molecular weight is 248 g/mol. The summed E-state index contributed by atoms with van der Waals surface area (Å²) in [6, 6.07) is 7.84. The van der Waals surface area contributed by atoms with Crippen molar-refractivity contribution in [2.45, 2.75) is 26.5 Å². The highest BCUT2D eigenvalue weighted by molar-refractivity contribution is 7.09. The largest absolute Gasteiger partial charge is 0.487 e. The van der Waals surface area contributed by atoms with Gasteiger partial charge in [0.05, 0.1) is 10.7 Å². The van der Waals surface area contributed by atoms with Crippen LogP contribution in [0.3, 0.4) is 0 Å². The van der Waals surface area contributed by atoms with Crippen LogP contribution in [-0.2, 0) is 19.6 Å². The van der Waals surface area contributed by atoms with Crippen LogP contribution >= 0.6 is 11.3 Å². The Balaban J connectivity index is 1.92. The molecule has 0 saturated heterocycles. The molecule has 0 bridgehead atoms.